The largest absolute Gasteiger partial charge is 0.497 e. The van der Waals surface area contributed by atoms with Crippen LogP contribution in [-0.2, 0) is 4.79 Å². The zero-order valence-corrected chi connectivity index (χ0v) is 17.0. The van der Waals surface area contributed by atoms with Crippen molar-refractivity contribution in [3.8, 4) is 5.75 Å². The van der Waals surface area contributed by atoms with Gasteiger partial charge in [-0.25, -0.2) is 0 Å². The van der Waals surface area contributed by atoms with Crippen LogP contribution < -0.4 is 15.1 Å². The van der Waals surface area contributed by atoms with Crippen LogP contribution in [0.4, 0.5) is 5.69 Å². The first-order valence-corrected chi connectivity index (χ1v) is 10.1. The van der Waals surface area contributed by atoms with Crippen molar-refractivity contribution < 1.29 is 14.3 Å². The van der Waals surface area contributed by atoms with Gasteiger partial charge in [0.15, 0.2) is 11.0 Å². The standard InChI is InChI=1S/C20H17ClN4O3S/c1-28-16-7-3-6-15(11-16)24-8-9-25-18(19(24)27)22-23-20(25)29-12-17(26)13-4-2-5-14(21)10-13/h2-11,18,22H,12H2,1H3. The van der Waals surface area contributed by atoms with E-state index >= 15 is 0 Å². The Hall–Kier alpha value is -2.97. The summed E-state index contributed by atoms with van der Waals surface area (Å²) in [7, 11) is 1.58. The number of hydrogen-bond acceptors (Lipinski definition) is 7. The van der Waals surface area contributed by atoms with Crippen molar-refractivity contribution in [2.75, 3.05) is 17.8 Å². The summed E-state index contributed by atoms with van der Waals surface area (Å²) in [6, 6.07) is 14.1. The Labute approximate surface area is 177 Å². The highest BCUT2D eigenvalue weighted by Gasteiger charge is 2.38. The number of fused-ring (bicyclic) bond motifs is 1. The Morgan fingerprint density at radius 1 is 1.24 bits per heavy atom. The normalized spacial score (nSPS) is 17.7. The molecule has 29 heavy (non-hydrogen) atoms. The van der Waals surface area contributed by atoms with Crippen LogP contribution in [-0.4, -0.2) is 40.8 Å². The van der Waals surface area contributed by atoms with E-state index in [2.05, 4.69) is 10.5 Å². The number of halogens is 1. The summed E-state index contributed by atoms with van der Waals surface area (Å²) < 4.78 is 5.23. The van der Waals surface area contributed by atoms with E-state index in [0.29, 0.717) is 27.2 Å². The minimum Gasteiger partial charge on any atom is -0.497 e. The molecule has 1 unspecified atom stereocenters. The first-order valence-electron chi connectivity index (χ1n) is 8.75. The summed E-state index contributed by atoms with van der Waals surface area (Å²) in [5, 5.41) is 5.30. The minimum absolute atomic E-state index is 0.0611. The molecule has 148 valence electrons. The summed E-state index contributed by atoms with van der Waals surface area (Å²) in [5.74, 6) is 0.610. The molecule has 0 radical (unpaired) electrons. The van der Waals surface area contributed by atoms with Crippen LogP contribution in [0.15, 0.2) is 66.0 Å². The Balaban J connectivity index is 1.44. The molecule has 2 aliphatic rings. The van der Waals surface area contributed by atoms with Crippen molar-refractivity contribution in [3.05, 3.63) is 71.5 Å². The number of rotatable bonds is 5. The molecule has 1 atom stereocenters. The third kappa shape index (κ3) is 3.94. The van der Waals surface area contributed by atoms with Crippen LogP contribution in [0, 0.1) is 0 Å². The highest BCUT2D eigenvalue weighted by atomic mass is 35.5. The number of Topliss-reactive ketones (excluding diaryl/α,β-unsaturated/α-hetero) is 1. The summed E-state index contributed by atoms with van der Waals surface area (Å²) in [6.07, 6.45) is 2.78. The number of carbonyl (C=O) groups excluding carboxylic acids is 2. The van der Waals surface area contributed by atoms with Gasteiger partial charge in [0, 0.05) is 29.1 Å². The van der Waals surface area contributed by atoms with Gasteiger partial charge < -0.3 is 4.74 Å². The molecule has 7 nitrogen and oxygen atoms in total. The quantitative estimate of drug-likeness (QED) is 0.737. The molecule has 0 saturated carbocycles. The van der Waals surface area contributed by atoms with Crippen molar-refractivity contribution in [1.29, 1.82) is 0 Å². The fraction of sp³-hybridized carbons (Fsp3) is 0.150. The van der Waals surface area contributed by atoms with Gasteiger partial charge in [0.25, 0.3) is 5.91 Å². The summed E-state index contributed by atoms with van der Waals surface area (Å²) in [6.45, 7) is 0. The number of nitrogens with one attached hydrogen (secondary N) is 1. The molecular weight excluding hydrogens is 412 g/mol. The van der Waals surface area contributed by atoms with Crippen molar-refractivity contribution >= 4 is 45.9 Å². The number of amidine groups is 1. The highest BCUT2D eigenvalue weighted by molar-refractivity contribution is 8.14. The Morgan fingerprint density at radius 3 is 2.86 bits per heavy atom. The maximum absolute atomic E-state index is 12.9. The number of ether oxygens (including phenoxy) is 1. The molecule has 1 N–H and O–H groups in total. The van der Waals surface area contributed by atoms with E-state index in [9.17, 15) is 9.59 Å². The van der Waals surface area contributed by atoms with Gasteiger partial charge >= 0.3 is 0 Å². The van der Waals surface area contributed by atoms with Gasteiger partial charge in [0.05, 0.1) is 18.6 Å². The highest BCUT2D eigenvalue weighted by Crippen LogP contribution is 2.28. The molecule has 2 aliphatic heterocycles. The number of hydrazone groups is 1. The molecular formula is C20H17ClN4O3S. The van der Waals surface area contributed by atoms with Crippen LogP contribution >= 0.6 is 23.4 Å². The molecule has 0 aliphatic carbocycles. The van der Waals surface area contributed by atoms with Crippen LogP contribution in [0.2, 0.25) is 5.02 Å². The first-order chi connectivity index (χ1) is 14.1. The predicted octanol–water partition coefficient (Wildman–Crippen LogP) is 3.28. The zero-order chi connectivity index (χ0) is 20.4. The molecule has 2 aromatic carbocycles. The molecule has 0 fully saturated rings. The minimum atomic E-state index is -0.657. The van der Waals surface area contributed by atoms with Gasteiger partial charge in [0.2, 0.25) is 6.17 Å². The van der Waals surface area contributed by atoms with Gasteiger partial charge in [-0.2, -0.15) is 5.10 Å². The Bertz CT molecular complexity index is 1030. The fourth-order valence-electron chi connectivity index (χ4n) is 2.97. The van der Waals surface area contributed by atoms with Crippen molar-refractivity contribution in [2.45, 2.75) is 6.17 Å². The van der Waals surface area contributed by atoms with Gasteiger partial charge in [-0.1, -0.05) is 41.6 Å². The molecule has 0 spiro atoms. The average molecular weight is 429 g/mol. The lowest BCUT2D eigenvalue weighted by molar-refractivity contribution is -0.122. The van der Waals surface area contributed by atoms with Crippen LogP contribution in [0.25, 0.3) is 0 Å². The number of benzene rings is 2. The van der Waals surface area contributed by atoms with E-state index in [4.69, 9.17) is 16.3 Å². The monoisotopic (exact) mass is 428 g/mol. The van der Waals surface area contributed by atoms with E-state index < -0.39 is 6.17 Å². The van der Waals surface area contributed by atoms with Crippen LogP contribution in [0.1, 0.15) is 10.4 Å². The van der Waals surface area contributed by atoms with Gasteiger partial charge in [0.1, 0.15) is 5.75 Å². The second-order valence-electron chi connectivity index (χ2n) is 6.26. The van der Waals surface area contributed by atoms with Gasteiger partial charge in [-0.05, 0) is 24.3 Å². The molecule has 4 rings (SSSR count). The third-order valence-corrected chi connectivity index (χ3v) is 5.64. The average Bonchev–Trinajstić information content (AvgIpc) is 3.16. The number of amides is 1. The number of ketones is 1. The van der Waals surface area contributed by atoms with Gasteiger partial charge in [-0.15, -0.1) is 0 Å². The number of methoxy groups -OCH3 is 1. The molecule has 2 heterocycles. The molecule has 0 bridgehead atoms. The topological polar surface area (TPSA) is 74.2 Å². The number of carbonyl (C=O) groups is 2. The zero-order valence-electron chi connectivity index (χ0n) is 15.4. The van der Waals surface area contributed by atoms with E-state index in [1.165, 1.54) is 16.7 Å². The molecule has 0 saturated heterocycles. The third-order valence-electron chi connectivity index (χ3n) is 4.44. The lowest BCUT2D eigenvalue weighted by Crippen LogP contribution is -2.52. The van der Waals surface area contributed by atoms with E-state index in [1.807, 2.05) is 18.2 Å². The maximum Gasteiger partial charge on any atom is 0.276 e. The second-order valence-corrected chi connectivity index (χ2v) is 7.64. The molecule has 2 aromatic rings. The maximum atomic E-state index is 12.9. The van der Waals surface area contributed by atoms with Crippen LogP contribution in [0.3, 0.4) is 0 Å². The van der Waals surface area contributed by atoms with Crippen molar-refractivity contribution in [1.82, 2.24) is 10.3 Å². The SMILES string of the molecule is COc1cccc(N2C=CN3C(SCC(=O)c4cccc(Cl)c4)=NNC3C2=O)c1. The lowest BCUT2D eigenvalue weighted by atomic mass is 10.1. The first kappa shape index (κ1) is 19.4. The number of hydrogen-bond donors (Lipinski definition) is 1. The smallest absolute Gasteiger partial charge is 0.276 e. The predicted molar refractivity (Wildman–Crippen MR) is 114 cm³/mol. The summed E-state index contributed by atoms with van der Waals surface area (Å²) in [5.41, 5.74) is 4.09. The Morgan fingerprint density at radius 2 is 2.07 bits per heavy atom. The molecule has 1 amide bonds. The fourth-order valence-corrected chi connectivity index (χ4v) is 4.02. The number of thioether (sulfide) groups is 1. The number of anilines is 1. The van der Waals surface area contributed by atoms with Crippen molar-refractivity contribution in [3.63, 3.8) is 0 Å². The van der Waals surface area contributed by atoms with Gasteiger partial charge in [-0.3, -0.25) is 24.8 Å². The Kier molecular flexibility index (Phi) is 5.46. The summed E-state index contributed by atoms with van der Waals surface area (Å²) in [4.78, 5) is 28.6. The van der Waals surface area contributed by atoms with E-state index in [0.717, 1.165) is 0 Å². The second kappa shape index (κ2) is 8.18. The summed E-state index contributed by atoms with van der Waals surface area (Å²) >= 11 is 7.21. The number of nitrogens with zero attached hydrogens (tertiary/aromatic N) is 3. The van der Waals surface area contributed by atoms with E-state index in [1.54, 1.807) is 54.7 Å². The molecule has 9 heteroatoms. The van der Waals surface area contributed by atoms with Crippen molar-refractivity contribution in [2.24, 2.45) is 5.10 Å². The van der Waals surface area contributed by atoms with Crippen LogP contribution in [0.5, 0.6) is 5.75 Å². The lowest BCUT2D eigenvalue weighted by Gasteiger charge is -2.32. The molecule has 0 aromatic heterocycles. The van der Waals surface area contributed by atoms with E-state index in [-0.39, 0.29) is 17.4 Å².